The van der Waals surface area contributed by atoms with Crippen molar-refractivity contribution in [3.63, 3.8) is 0 Å². The van der Waals surface area contributed by atoms with E-state index < -0.39 is 0 Å². The zero-order chi connectivity index (χ0) is 42.7. The van der Waals surface area contributed by atoms with E-state index in [0.717, 1.165) is 107 Å². The van der Waals surface area contributed by atoms with Crippen LogP contribution in [0.3, 0.4) is 0 Å². The fourth-order valence-electron chi connectivity index (χ4n) is 19.8. The third-order valence-electron chi connectivity index (χ3n) is 22.9. The van der Waals surface area contributed by atoms with Crippen LogP contribution >= 0.6 is 0 Å². The Balaban J connectivity index is 0.798. The van der Waals surface area contributed by atoms with E-state index in [1.165, 1.54) is 180 Å². The van der Waals surface area contributed by atoms with E-state index in [0.29, 0.717) is 0 Å². The van der Waals surface area contributed by atoms with Gasteiger partial charge in [0.25, 0.3) is 0 Å². The van der Waals surface area contributed by atoms with E-state index in [9.17, 15) is 0 Å². The quantitative estimate of drug-likeness (QED) is 0.202. The first-order chi connectivity index (χ1) is 31.7. The molecular weight excluding hydrogens is 773 g/mol. The first kappa shape index (κ1) is 45.8. The zero-order valence-corrected chi connectivity index (χ0v) is 41.9. The molecule has 10 unspecified atom stereocenters. The van der Waals surface area contributed by atoms with Crippen molar-refractivity contribution in [2.75, 3.05) is 0 Å². The van der Waals surface area contributed by atoms with Crippen LogP contribution in [0.1, 0.15) is 257 Å². The molecule has 11 aliphatic rings. The summed E-state index contributed by atoms with van der Waals surface area (Å²) >= 11 is 0. The van der Waals surface area contributed by atoms with Crippen LogP contribution in [0.4, 0.5) is 0 Å². The summed E-state index contributed by atoms with van der Waals surface area (Å²) in [6.45, 7) is 0. The van der Waals surface area contributed by atoms with Crippen LogP contribution in [0.25, 0.3) is 0 Å². The fraction of sp³-hybridized carbons (Fsp3) is 0.935. The normalized spacial score (nSPS) is 43.8. The van der Waals surface area contributed by atoms with Crippen molar-refractivity contribution in [2.45, 2.75) is 293 Å². The maximum Gasteiger partial charge on any atom is 0.0163 e. The second-order valence-corrected chi connectivity index (χ2v) is 26.4. The van der Waals surface area contributed by atoms with Crippen molar-refractivity contribution in [1.82, 2.24) is 9.80 Å². The van der Waals surface area contributed by atoms with Gasteiger partial charge in [0.05, 0.1) is 0 Å². The summed E-state index contributed by atoms with van der Waals surface area (Å²) in [7, 11) is 0. The Bertz CT molecular complexity index is 1460. The smallest absolute Gasteiger partial charge is 0.0163 e. The molecule has 11 saturated carbocycles. The minimum Gasteiger partial charge on any atom is -0.294 e. The van der Waals surface area contributed by atoms with E-state index in [2.05, 4.69) is 34.1 Å². The van der Waals surface area contributed by atoms with Gasteiger partial charge in [-0.25, -0.2) is 0 Å². The first-order valence-electron chi connectivity index (χ1n) is 30.6. The average Bonchev–Trinajstić information content (AvgIpc) is 3.36. The molecule has 11 fully saturated rings. The lowest BCUT2D eigenvalue weighted by atomic mass is 9.49. The van der Waals surface area contributed by atoms with E-state index in [1.807, 2.05) is 0 Å². The van der Waals surface area contributed by atoms with Gasteiger partial charge in [0.1, 0.15) is 0 Å². The van der Waals surface area contributed by atoms with Crippen molar-refractivity contribution in [2.24, 2.45) is 71.0 Å². The third-order valence-corrected chi connectivity index (χ3v) is 22.9. The number of allylic oxidation sites excluding steroid dienone is 4. The molecule has 0 aromatic heterocycles. The Labute approximate surface area is 396 Å². The Morgan fingerprint density at radius 1 is 0.234 bits per heavy atom. The second-order valence-electron chi connectivity index (χ2n) is 26.4. The van der Waals surface area contributed by atoms with Crippen LogP contribution in [0, 0.1) is 71.0 Å². The molecule has 0 amide bonds. The molecule has 64 heavy (non-hydrogen) atoms. The average molecular weight is 876 g/mol. The molecule has 2 nitrogen and oxygen atoms in total. The SMILES string of the molecule is C(=C\C1CCC(N(C2CCCCC2)C2CCCC3CC4CC5C(CC4CC32)CC2CCCCC2C5N(C2CCCCC2)C2CCC(/C=C/C3CCCCC3)CC2)CC1)/C1CCCCC1. The molecule has 0 bridgehead atoms. The summed E-state index contributed by atoms with van der Waals surface area (Å²) < 4.78 is 0. The molecule has 0 heterocycles. The maximum atomic E-state index is 3.49. The zero-order valence-electron chi connectivity index (χ0n) is 41.9. The molecule has 11 rings (SSSR count). The van der Waals surface area contributed by atoms with Gasteiger partial charge in [-0.2, -0.15) is 0 Å². The van der Waals surface area contributed by atoms with Crippen LogP contribution in [-0.2, 0) is 0 Å². The molecule has 0 aliphatic heterocycles. The van der Waals surface area contributed by atoms with E-state index >= 15 is 0 Å². The van der Waals surface area contributed by atoms with Crippen LogP contribution in [0.5, 0.6) is 0 Å². The van der Waals surface area contributed by atoms with E-state index in [1.54, 1.807) is 77.0 Å². The summed E-state index contributed by atoms with van der Waals surface area (Å²) in [5, 5.41) is 0. The summed E-state index contributed by atoms with van der Waals surface area (Å²) in [5.74, 6) is 11.8. The van der Waals surface area contributed by atoms with E-state index in [-0.39, 0.29) is 0 Å². The van der Waals surface area contributed by atoms with Gasteiger partial charge in [-0.1, -0.05) is 133 Å². The maximum absolute atomic E-state index is 3.49. The lowest BCUT2D eigenvalue weighted by Crippen LogP contribution is -2.63. The monoisotopic (exact) mass is 875 g/mol. The lowest BCUT2D eigenvalue weighted by molar-refractivity contribution is -0.123. The predicted molar refractivity (Wildman–Crippen MR) is 271 cm³/mol. The van der Waals surface area contributed by atoms with Gasteiger partial charge in [-0.05, 0) is 219 Å². The van der Waals surface area contributed by atoms with Crippen LogP contribution < -0.4 is 0 Å². The van der Waals surface area contributed by atoms with Crippen LogP contribution in [-0.4, -0.2) is 46.1 Å². The topological polar surface area (TPSA) is 6.48 Å². The van der Waals surface area contributed by atoms with Crippen molar-refractivity contribution in [3.8, 4) is 0 Å². The third kappa shape index (κ3) is 10.5. The highest BCUT2D eigenvalue weighted by Gasteiger charge is 2.56. The predicted octanol–water partition coefficient (Wildman–Crippen LogP) is 17.1. The second kappa shape index (κ2) is 22.0. The van der Waals surface area contributed by atoms with Crippen molar-refractivity contribution in [3.05, 3.63) is 24.3 Å². The highest BCUT2D eigenvalue weighted by atomic mass is 15.2. The van der Waals surface area contributed by atoms with Crippen molar-refractivity contribution < 1.29 is 0 Å². The van der Waals surface area contributed by atoms with Crippen LogP contribution in [0.2, 0.25) is 0 Å². The molecular formula is C62H102N2. The van der Waals surface area contributed by atoms with Gasteiger partial charge in [-0.3, -0.25) is 9.80 Å². The molecule has 0 aromatic carbocycles. The van der Waals surface area contributed by atoms with Gasteiger partial charge < -0.3 is 0 Å². The molecule has 0 spiro atoms. The summed E-state index contributed by atoms with van der Waals surface area (Å²) in [6, 6.07) is 5.42. The fourth-order valence-corrected chi connectivity index (χ4v) is 19.8. The number of nitrogens with zero attached hydrogens (tertiary/aromatic N) is 2. The highest BCUT2D eigenvalue weighted by Crippen LogP contribution is 2.60. The van der Waals surface area contributed by atoms with Gasteiger partial charge in [0, 0.05) is 36.3 Å². The summed E-state index contributed by atoms with van der Waals surface area (Å²) in [6.07, 6.45) is 71.9. The molecule has 360 valence electrons. The van der Waals surface area contributed by atoms with Gasteiger partial charge in [0.15, 0.2) is 0 Å². The molecule has 0 saturated heterocycles. The molecule has 2 heteroatoms. The van der Waals surface area contributed by atoms with E-state index in [4.69, 9.17) is 0 Å². The van der Waals surface area contributed by atoms with Crippen molar-refractivity contribution in [1.29, 1.82) is 0 Å². The van der Waals surface area contributed by atoms with Crippen LogP contribution in [0.15, 0.2) is 24.3 Å². The molecule has 0 aromatic rings. The molecule has 10 atom stereocenters. The summed E-state index contributed by atoms with van der Waals surface area (Å²) in [4.78, 5) is 6.89. The minimum atomic E-state index is 0.870. The molecule has 0 N–H and O–H groups in total. The Morgan fingerprint density at radius 3 is 1.20 bits per heavy atom. The highest BCUT2D eigenvalue weighted by molar-refractivity contribution is 5.09. The lowest BCUT2D eigenvalue weighted by Gasteiger charge is -2.62. The Morgan fingerprint density at radius 2 is 0.625 bits per heavy atom. The Hall–Kier alpha value is -0.600. The summed E-state index contributed by atoms with van der Waals surface area (Å²) in [5.41, 5.74) is 0. The van der Waals surface area contributed by atoms with Crippen molar-refractivity contribution >= 4 is 0 Å². The first-order valence-corrected chi connectivity index (χ1v) is 30.6. The number of rotatable bonds is 10. The minimum absolute atomic E-state index is 0.870. The standard InChI is InChI=1S/C62H102N2/c1-5-16-45(17-6-1)28-30-47-32-36-56(37-33-47)63(54-22-9-3-10-23-54)61-27-15-21-50-40-51-44-60-53(42-52(51)43-59(50)61)41-49-20-13-14-26-58(49)62(60)64(55-24-11-4-12-25-55)57-38-34-48(35-39-57)31-29-46-18-7-2-8-19-46/h28-31,45-62H,1-27,32-44H2/b30-28+,31-29+. The van der Waals surface area contributed by atoms with Gasteiger partial charge in [0.2, 0.25) is 0 Å². The van der Waals surface area contributed by atoms with Gasteiger partial charge in [-0.15, -0.1) is 0 Å². The Kier molecular flexibility index (Phi) is 15.8. The molecule has 0 radical (unpaired) electrons. The van der Waals surface area contributed by atoms with Gasteiger partial charge >= 0.3 is 0 Å². The number of hydrogen-bond acceptors (Lipinski definition) is 2. The molecule has 11 aliphatic carbocycles. The largest absolute Gasteiger partial charge is 0.294 e. The number of fused-ring (bicyclic) bond motifs is 4. The number of hydrogen-bond donors (Lipinski definition) is 0.